The van der Waals surface area contributed by atoms with Gasteiger partial charge in [0.2, 0.25) is 0 Å². The molecule has 0 amide bonds. The summed E-state index contributed by atoms with van der Waals surface area (Å²) in [4.78, 5) is 4.12. The molecule has 3 nitrogen and oxygen atoms in total. The number of benzene rings is 1. The SMILES string of the molecule is N#Cc1ccnc(Nc2ccc(Br)cc2Br)c1Cl. The number of nitriles is 1. The summed E-state index contributed by atoms with van der Waals surface area (Å²) in [6.45, 7) is 0. The summed E-state index contributed by atoms with van der Waals surface area (Å²) in [5, 5.41) is 12.3. The van der Waals surface area contributed by atoms with Gasteiger partial charge in [0.05, 0.1) is 11.3 Å². The molecule has 90 valence electrons. The van der Waals surface area contributed by atoms with Crippen molar-refractivity contribution in [3.63, 3.8) is 0 Å². The summed E-state index contributed by atoms with van der Waals surface area (Å²) >= 11 is 12.9. The van der Waals surface area contributed by atoms with E-state index in [2.05, 4.69) is 42.2 Å². The summed E-state index contributed by atoms with van der Waals surface area (Å²) in [6.07, 6.45) is 1.54. The lowest BCUT2D eigenvalue weighted by Gasteiger charge is -2.10. The molecule has 0 spiro atoms. The van der Waals surface area contributed by atoms with Crippen LogP contribution in [0.1, 0.15) is 5.56 Å². The zero-order valence-corrected chi connectivity index (χ0v) is 12.8. The molecule has 2 aromatic rings. The van der Waals surface area contributed by atoms with Crippen LogP contribution in [0.3, 0.4) is 0 Å². The average Bonchev–Trinajstić information content (AvgIpc) is 2.35. The van der Waals surface area contributed by atoms with E-state index >= 15 is 0 Å². The molecule has 18 heavy (non-hydrogen) atoms. The fourth-order valence-electron chi connectivity index (χ4n) is 1.34. The van der Waals surface area contributed by atoms with Gasteiger partial charge in [0.1, 0.15) is 11.1 Å². The molecule has 0 aliphatic carbocycles. The monoisotopic (exact) mass is 385 g/mol. The Labute approximate surface area is 126 Å². The Hall–Kier alpha value is -1.09. The first kappa shape index (κ1) is 13.3. The smallest absolute Gasteiger partial charge is 0.150 e. The van der Waals surface area contributed by atoms with Crippen LogP contribution in [0, 0.1) is 11.3 Å². The van der Waals surface area contributed by atoms with Crippen LogP contribution in [0.4, 0.5) is 11.5 Å². The highest BCUT2D eigenvalue weighted by atomic mass is 79.9. The number of anilines is 2. The fraction of sp³-hybridized carbons (Fsp3) is 0. The average molecular weight is 387 g/mol. The van der Waals surface area contributed by atoms with Crippen LogP contribution in [0.2, 0.25) is 5.02 Å². The molecule has 2 rings (SSSR count). The van der Waals surface area contributed by atoms with Gasteiger partial charge in [-0.25, -0.2) is 4.98 Å². The number of rotatable bonds is 2. The predicted octanol–water partition coefficient (Wildman–Crippen LogP) is 4.88. The van der Waals surface area contributed by atoms with Gasteiger partial charge in [0.15, 0.2) is 5.82 Å². The van der Waals surface area contributed by atoms with Crippen LogP contribution in [-0.2, 0) is 0 Å². The van der Waals surface area contributed by atoms with Crippen LogP contribution < -0.4 is 5.32 Å². The third-order valence-corrected chi connectivity index (χ3v) is 3.73. The first-order chi connectivity index (χ1) is 8.61. The van der Waals surface area contributed by atoms with Crippen molar-refractivity contribution in [3.05, 3.63) is 50.0 Å². The third-order valence-electron chi connectivity index (χ3n) is 2.19. The number of hydrogen-bond donors (Lipinski definition) is 1. The number of halogens is 3. The van der Waals surface area contributed by atoms with Crippen molar-refractivity contribution in [1.29, 1.82) is 5.26 Å². The minimum Gasteiger partial charge on any atom is -0.338 e. The topological polar surface area (TPSA) is 48.7 Å². The van der Waals surface area contributed by atoms with Crippen LogP contribution >= 0.6 is 43.5 Å². The highest BCUT2D eigenvalue weighted by molar-refractivity contribution is 9.11. The van der Waals surface area contributed by atoms with E-state index in [0.717, 1.165) is 14.6 Å². The van der Waals surface area contributed by atoms with Gasteiger partial charge in [0, 0.05) is 15.1 Å². The van der Waals surface area contributed by atoms with Gasteiger partial charge >= 0.3 is 0 Å². The van der Waals surface area contributed by atoms with E-state index in [9.17, 15) is 0 Å². The molecule has 1 N–H and O–H groups in total. The van der Waals surface area contributed by atoms with Crippen molar-refractivity contribution >= 4 is 55.0 Å². The second kappa shape index (κ2) is 5.70. The van der Waals surface area contributed by atoms with Gasteiger partial charge < -0.3 is 5.32 Å². The Balaban J connectivity index is 2.38. The van der Waals surface area contributed by atoms with E-state index in [1.54, 1.807) is 12.3 Å². The first-order valence-corrected chi connectivity index (χ1v) is 6.85. The number of nitrogens with zero attached hydrogens (tertiary/aromatic N) is 2. The quantitative estimate of drug-likeness (QED) is 0.799. The normalized spacial score (nSPS) is 9.89. The van der Waals surface area contributed by atoms with Gasteiger partial charge in [-0.3, -0.25) is 0 Å². The Morgan fingerprint density at radius 1 is 1.28 bits per heavy atom. The fourth-order valence-corrected chi connectivity index (χ4v) is 2.68. The zero-order chi connectivity index (χ0) is 13.1. The van der Waals surface area contributed by atoms with Crippen LogP contribution in [-0.4, -0.2) is 4.98 Å². The van der Waals surface area contributed by atoms with E-state index in [1.807, 2.05) is 24.3 Å². The minimum absolute atomic E-state index is 0.315. The minimum atomic E-state index is 0.315. The van der Waals surface area contributed by atoms with Gasteiger partial charge in [-0.2, -0.15) is 5.26 Å². The molecule has 0 atom stereocenters. The Bertz CT molecular complexity index is 638. The highest BCUT2D eigenvalue weighted by Gasteiger charge is 2.09. The molecular formula is C12H6Br2ClN3. The second-order valence-corrected chi connectivity index (χ2v) is 5.53. The molecule has 1 heterocycles. The van der Waals surface area contributed by atoms with Crippen molar-refractivity contribution < 1.29 is 0 Å². The van der Waals surface area contributed by atoms with E-state index in [1.165, 1.54) is 0 Å². The van der Waals surface area contributed by atoms with E-state index in [4.69, 9.17) is 16.9 Å². The van der Waals surface area contributed by atoms with Crippen LogP contribution in [0.5, 0.6) is 0 Å². The van der Waals surface area contributed by atoms with Gasteiger partial charge in [-0.15, -0.1) is 0 Å². The lowest BCUT2D eigenvalue weighted by molar-refractivity contribution is 1.29. The maximum Gasteiger partial charge on any atom is 0.150 e. The van der Waals surface area contributed by atoms with Crippen molar-refractivity contribution in [2.75, 3.05) is 5.32 Å². The third kappa shape index (κ3) is 2.83. The van der Waals surface area contributed by atoms with Crippen molar-refractivity contribution in [3.8, 4) is 6.07 Å². The molecule has 1 aromatic carbocycles. The largest absolute Gasteiger partial charge is 0.338 e. The Morgan fingerprint density at radius 2 is 2.06 bits per heavy atom. The summed E-state index contributed by atoms with van der Waals surface area (Å²) in [7, 11) is 0. The van der Waals surface area contributed by atoms with Crippen LogP contribution in [0.15, 0.2) is 39.4 Å². The first-order valence-electron chi connectivity index (χ1n) is 4.88. The maximum atomic E-state index is 8.89. The zero-order valence-electron chi connectivity index (χ0n) is 8.92. The van der Waals surface area contributed by atoms with E-state index in [-0.39, 0.29) is 0 Å². The summed E-state index contributed by atoms with van der Waals surface area (Å²) in [5.41, 5.74) is 1.21. The molecule has 0 bridgehead atoms. The van der Waals surface area contributed by atoms with E-state index < -0.39 is 0 Å². The molecule has 0 saturated carbocycles. The molecule has 0 radical (unpaired) electrons. The van der Waals surface area contributed by atoms with Gasteiger partial charge in [0.25, 0.3) is 0 Å². The van der Waals surface area contributed by atoms with Gasteiger partial charge in [-0.05, 0) is 40.2 Å². The molecule has 0 fully saturated rings. The highest BCUT2D eigenvalue weighted by Crippen LogP contribution is 2.31. The number of pyridine rings is 1. The molecule has 1 aromatic heterocycles. The maximum absolute atomic E-state index is 8.89. The predicted molar refractivity (Wildman–Crippen MR) is 79.1 cm³/mol. The lowest BCUT2D eigenvalue weighted by atomic mass is 10.2. The number of aromatic nitrogens is 1. The summed E-state index contributed by atoms with van der Waals surface area (Å²) in [6, 6.07) is 9.27. The standard InChI is InChI=1S/C12H6Br2ClN3/c13-8-1-2-10(9(14)5-8)18-12-11(15)7(6-16)3-4-17-12/h1-5H,(H,17,18). The second-order valence-electron chi connectivity index (χ2n) is 3.38. The Kier molecular flexibility index (Phi) is 4.23. The van der Waals surface area contributed by atoms with Gasteiger partial charge in [-0.1, -0.05) is 27.5 Å². The number of hydrogen-bond acceptors (Lipinski definition) is 3. The van der Waals surface area contributed by atoms with Crippen molar-refractivity contribution in [2.45, 2.75) is 0 Å². The molecule has 6 heteroatoms. The van der Waals surface area contributed by atoms with Crippen molar-refractivity contribution in [1.82, 2.24) is 4.98 Å². The molecule has 0 unspecified atom stereocenters. The molecule has 0 aliphatic heterocycles. The summed E-state index contributed by atoms with van der Waals surface area (Å²) < 4.78 is 1.84. The van der Waals surface area contributed by atoms with E-state index in [0.29, 0.717) is 16.4 Å². The number of nitrogens with one attached hydrogen (secondary N) is 1. The molecule has 0 aliphatic rings. The lowest BCUT2D eigenvalue weighted by Crippen LogP contribution is -1.96. The summed E-state index contributed by atoms with van der Waals surface area (Å²) in [5.74, 6) is 0.457. The molecule has 0 saturated heterocycles. The van der Waals surface area contributed by atoms with Crippen molar-refractivity contribution in [2.24, 2.45) is 0 Å². The Morgan fingerprint density at radius 3 is 2.72 bits per heavy atom. The van der Waals surface area contributed by atoms with Crippen LogP contribution in [0.25, 0.3) is 0 Å². The molecular weight excluding hydrogens is 381 g/mol.